The zero-order valence-electron chi connectivity index (χ0n) is 15.6. The maximum atomic E-state index is 12.6. The van der Waals surface area contributed by atoms with Crippen molar-refractivity contribution >= 4 is 6.03 Å². The van der Waals surface area contributed by atoms with E-state index in [0.717, 1.165) is 5.56 Å². The Morgan fingerprint density at radius 3 is 2.31 bits per heavy atom. The van der Waals surface area contributed by atoms with Crippen LogP contribution in [0.2, 0.25) is 0 Å². The molecule has 3 heterocycles. The molecular weight excluding hydrogens is 332 g/mol. The zero-order chi connectivity index (χ0) is 18.6. The van der Waals surface area contributed by atoms with Crippen molar-refractivity contribution in [2.24, 2.45) is 0 Å². The van der Waals surface area contributed by atoms with E-state index in [9.17, 15) is 4.79 Å². The van der Waals surface area contributed by atoms with Gasteiger partial charge in [-0.2, -0.15) is 4.68 Å². The number of nitrogens with zero attached hydrogens (tertiary/aromatic N) is 4. The van der Waals surface area contributed by atoms with E-state index in [-0.39, 0.29) is 6.03 Å². The lowest BCUT2D eigenvalue weighted by Crippen LogP contribution is -2.48. The number of hydrogen-bond donors (Lipinski definition) is 0. The number of aromatic nitrogens is 3. The van der Waals surface area contributed by atoms with Crippen LogP contribution in [0.4, 0.5) is 4.79 Å². The molecule has 0 atom stereocenters. The van der Waals surface area contributed by atoms with Gasteiger partial charge in [-0.1, -0.05) is 43.7 Å². The Bertz CT molecular complexity index is 725. The van der Waals surface area contributed by atoms with Crippen LogP contribution in [-0.2, 0) is 9.47 Å². The molecule has 0 bridgehead atoms. The van der Waals surface area contributed by atoms with E-state index in [0.29, 0.717) is 45.0 Å². The molecule has 4 rings (SSSR count). The Morgan fingerprint density at radius 1 is 1.08 bits per heavy atom. The van der Waals surface area contributed by atoms with E-state index in [1.165, 1.54) is 16.6 Å². The quantitative estimate of drug-likeness (QED) is 0.783. The lowest BCUT2D eigenvalue weighted by Gasteiger charge is -2.37. The maximum Gasteiger partial charge on any atom is 0.346 e. The van der Waals surface area contributed by atoms with Gasteiger partial charge in [-0.05, 0) is 6.92 Å². The molecule has 2 saturated heterocycles. The van der Waals surface area contributed by atoms with Gasteiger partial charge in [0.2, 0.25) is 0 Å². The number of likely N-dealkylation sites (tertiary alicyclic amines) is 1. The first-order chi connectivity index (χ1) is 12.7. The first-order valence-electron chi connectivity index (χ1n) is 9.21. The van der Waals surface area contributed by atoms with Crippen LogP contribution in [0, 0.1) is 6.92 Å². The van der Waals surface area contributed by atoms with Crippen molar-refractivity contribution in [1.29, 1.82) is 0 Å². The predicted octanol–water partition coefficient (Wildman–Crippen LogP) is 3.09. The SMILES string of the molecule is CC.Cc1ccc(-c2ncn(C(=O)N3CCC4(CC3)OCCO4)n2)cc1. The summed E-state index contributed by atoms with van der Waals surface area (Å²) in [6, 6.07) is 7.76. The summed E-state index contributed by atoms with van der Waals surface area (Å²) in [5.41, 5.74) is 2.07. The van der Waals surface area contributed by atoms with Crippen molar-refractivity contribution in [2.45, 2.75) is 39.4 Å². The van der Waals surface area contributed by atoms with Crippen LogP contribution in [-0.4, -0.2) is 57.8 Å². The van der Waals surface area contributed by atoms with Crippen molar-refractivity contribution in [3.8, 4) is 11.4 Å². The summed E-state index contributed by atoms with van der Waals surface area (Å²) in [6.45, 7) is 8.49. The fourth-order valence-corrected chi connectivity index (χ4v) is 3.16. The molecule has 1 amide bonds. The van der Waals surface area contributed by atoms with Crippen LogP contribution < -0.4 is 0 Å². The summed E-state index contributed by atoms with van der Waals surface area (Å²) in [5.74, 6) is 0.0749. The smallest absolute Gasteiger partial charge is 0.346 e. The molecule has 0 aliphatic carbocycles. The lowest BCUT2D eigenvalue weighted by atomic mass is 10.0. The number of benzene rings is 1. The predicted molar refractivity (Wildman–Crippen MR) is 97.8 cm³/mol. The summed E-state index contributed by atoms with van der Waals surface area (Å²) < 4.78 is 12.7. The fraction of sp³-hybridized carbons (Fsp3) is 0.526. The van der Waals surface area contributed by atoms with E-state index in [4.69, 9.17) is 9.47 Å². The van der Waals surface area contributed by atoms with E-state index < -0.39 is 5.79 Å². The number of carbonyl (C=O) groups excluding carboxylic acids is 1. The number of piperidine rings is 1. The number of aryl methyl sites for hydroxylation is 1. The highest BCUT2D eigenvalue weighted by molar-refractivity contribution is 5.76. The van der Waals surface area contributed by atoms with Crippen molar-refractivity contribution in [1.82, 2.24) is 19.7 Å². The number of rotatable bonds is 1. The maximum absolute atomic E-state index is 12.6. The Kier molecular flexibility index (Phi) is 5.68. The second-order valence-electron chi connectivity index (χ2n) is 6.26. The van der Waals surface area contributed by atoms with Crippen LogP contribution in [0.15, 0.2) is 30.6 Å². The molecule has 1 spiro atoms. The normalized spacial score (nSPS) is 18.5. The highest BCUT2D eigenvalue weighted by Crippen LogP contribution is 2.31. The van der Waals surface area contributed by atoms with Crippen molar-refractivity contribution < 1.29 is 14.3 Å². The van der Waals surface area contributed by atoms with Gasteiger partial charge >= 0.3 is 6.03 Å². The Morgan fingerprint density at radius 2 is 1.69 bits per heavy atom. The Balaban J connectivity index is 0.000000948. The van der Waals surface area contributed by atoms with Gasteiger partial charge in [0.05, 0.1) is 13.2 Å². The lowest BCUT2D eigenvalue weighted by molar-refractivity contribution is -0.181. The first-order valence-corrected chi connectivity index (χ1v) is 9.21. The summed E-state index contributed by atoms with van der Waals surface area (Å²) in [5, 5.41) is 4.33. The molecule has 0 N–H and O–H groups in total. The summed E-state index contributed by atoms with van der Waals surface area (Å²) in [6.07, 6.45) is 2.86. The van der Waals surface area contributed by atoms with Crippen LogP contribution in [0.25, 0.3) is 11.4 Å². The number of carbonyl (C=O) groups is 1. The van der Waals surface area contributed by atoms with Gasteiger partial charge in [-0.3, -0.25) is 0 Å². The van der Waals surface area contributed by atoms with Gasteiger partial charge in [0.25, 0.3) is 0 Å². The van der Waals surface area contributed by atoms with E-state index >= 15 is 0 Å². The molecule has 0 radical (unpaired) electrons. The molecule has 26 heavy (non-hydrogen) atoms. The van der Waals surface area contributed by atoms with Crippen LogP contribution in [0.1, 0.15) is 32.3 Å². The Labute approximate surface area is 153 Å². The molecule has 1 aromatic carbocycles. The van der Waals surface area contributed by atoms with Gasteiger partial charge < -0.3 is 14.4 Å². The van der Waals surface area contributed by atoms with Crippen LogP contribution >= 0.6 is 0 Å². The molecule has 140 valence electrons. The summed E-state index contributed by atoms with van der Waals surface area (Å²) >= 11 is 0. The number of amides is 1. The zero-order valence-corrected chi connectivity index (χ0v) is 15.6. The molecule has 2 aliphatic rings. The minimum absolute atomic E-state index is 0.159. The van der Waals surface area contributed by atoms with E-state index in [1.807, 2.05) is 45.0 Å². The van der Waals surface area contributed by atoms with Gasteiger partial charge in [0.15, 0.2) is 11.6 Å². The van der Waals surface area contributed by atoms with Gasteiger partial charge in [0.1, 0.15) is 6.33 Å². The second kappa shape index (κ2) is 7.97. The van der Waals surface area contributed by atoms with Gasteiger partial charge in [-0.25, -0.2) is 9.78 Å². The molecule has 1 aromatic heterocycles. The topological polar surface area (TPSA) is 69.5 Å². The van der Waals surface area contributed by atoms with Crippen molar-refractivity contribution in [3.05, 3.63) is 36.2 Å². The highest BCUT2D eigenvalue weighted by atomic mass is 16.7. The summed E-state index contributed by atoms with van der Waals surface area (Å²) in [4.78, 5) is 18.6. The average Bonchev–Trinajstić information content (AvgIpc) is 3.34. The van der Waals surface area contributed by atoms with Gasteiger partial charge in [0, 0.05) is 31.5 Å². The standard InChI is InChI=1S/C17H20N4O3.C2H6/c1-13-2-4-14(5-3-13)15-18-12-21(19-15)16(22)20-8-6-17(7-9-20)23-10-11-24-17;1-2/h2-5,12H,6-11H2,1H3;1-2H3. The minimum atomic E-state index is -0.480. The van der Waals surface area contributed by atoms with Gasteiger partial charge in [-0.15, -0.1) is 5.10 Å². The number of hydrogen-bond acceptors (Lipinski definition) is 5. The average molecular weight is 358 g/mol. The largest absolute Gasteiger partial charge is 0.347 e. The third-order valence-corrected chi connectivity index (χ3v) is 4.61. The van der Waals surface area contributed by atoms with Crippen LogP contribution in [0.3, 0.4) is 0 Å². The molecule has 7 nitrogen and oxygen atoms in total. The minimum Gasteiger partial charge on any atom is -0.347 e. The molecular formula is C19H26N4O3. The third-order valence-electron chi connectivity index (χ3n) is 4.61. The molecule has 0 unspecified atom stereocenters. The van der Waals surface area contributed by atoms with Crippen LogP contribution in [0.5, 0.6) is 0 Å². The molecule has 2 fully saturated rings. The number of ether oxygens (including phenoxy) is 2. The molecule has 2 aliphatic heterocycles. The molecule has 2 aromatic rings. The van der Waals surface area contributed by atoms with E-state index in [2.05, 4.69) is 10.1 Å². The Hall–Kier alpha value is -2.25. The highest BCUT2D eigenvalue weighted by Gasteiger charge is 2.41. The molecule has 0 saturated carbocycles. The monoisotopic (exact) mass is 358 g/mol. The van der Waals surface area contributed by atoms with Crippen molar-refractivity contribution in [2.75, 3.05) is 26.3 Å². The van der Waals surface area contributed by atoms with Crippen molar-refractivity contribution in [3.63, 3.8) is 0 Å². The third kappa shape index (κ3) is 3.78. The summed E-state index contributed by atoms with van der Waals surface area (Å²) in [7, 11) is 0. The molecule has 7 heteroatoms. The second-order valence-corrected chi connectivity index (χ2v) is 6.26. The fourth-order valence-electron chi connectivity index (χ4n) is 3.16. The first kappa shape index (κ1) is 18.5. The van der Waals surface area contributed by atoms with E-state index in [1.54, 1.807) is 4.90 Å².